The highest BCUT2D eigenvalue weighted by molar-refractivity contribution is 7.86. The van der Waals surface area contributed by atoms with Crippen LogP contribution >= 0.6 is 0 Å². The zero-order valence-electron chi connectivity index (χ0n) is 10.8. The summed E-state index contributed by atoms with van der Waals surface area (Å²) in [4.78, 5) is 4.33. The van der Waals surface area contributed by atoms with Crippen LogP contribution in [0.25, 0.3) is 0 Å². The molecule has 2 heterocycles. The van der Waals surface area contributed by atoms with Crippen LogP contribution < -0.4 is 0 Å². The molecule has 0 amide bonds. The Morgan fingerprint density at radius 1 is 1.39 bits per heavy atom. The summed E-state index contributed by atoms with van der Waals surface area (Å²) in [5.74, 6) is 0.203. The van der Waals surface area contributed by atoms with Crippen molar-refractivity contribution in [2.45, 2.75) is 18.8 Å². The van der Waals surface area contributed by atoms with E-state index in [1.807, 2.05) is 18.2 Å². The van der Waals surface area contributed by atoms with E-state index in [-0.39, 0.29) is 5.92 Å². The minimum Gasteiger partial charge on any atom is -0.261 e. The molecule has 1 aliphatic rings. The van der Waals surface area contributed by atoms with Gasteiger partial charge in [-0.25, -0.2) is 0 Å². The minimum atomic E-state index is -3.30. The van der Waals surface area contributed by atoms with Crippen LogP contribution in [0.1, 0.15) is 24.5 Å². The topological polar surface area (TPSA) is 53.5 Å². The molecule has 6 heteroatoms. The number of nitrogens with zero attached hydrogens (tertiary/aromatic N) is 3. The van der Waals surface area contributed by atoms with Gasteiger partial charge in [0.05, 0.1) is 0 Å². The molecule has 0 saturated carbocycles. The Morgan fingerprint density at radius 3 is 2.78 bits per heavy atom. The van der Waals surface area contributed by atoms with Crippen LogP contribution in [0.2, 0.25) is 0 Å². The van der Waals surface area contributed by atoms with Crippen molar-refractivity contribution in [1.82, 2.24) is 13.6 Å². The first-order chi connectivity index (χ1) is 8.51. The number of hydrogen-bond donors (Lipinski definition) is 0. The van der Waals surface area contributed by atoms with E-state index in [2.05, 4.69) is 4.98 Å². The smallest absolute Gasteiger partial charge is 0.261 e. The lowest BCUT2D eigenvalue weighted by Crippen LogP contribution is -2.45. The molecule has 0 unspecified atom stereocenters. The quantitative estimate of drug-likeness (QED) is 0.824. The zero-order chi connectivity index (χ0) is 13.2. The lowest BCUT2D eigenvalue weighted by molar-refractivity contribution is 0.296. The Hall–Kier alpha value is -0.980. The van der Waals surface area contributed by atoms with Crippen LogP contribution in [0.3, 0.4) is 0 Å². The van der Waals surface area contributed by atoms with Crippen LogP contribution in [0, 0.1) is 0 Å². The molecule has 0 radical (unpaired) electrons. The summed E-state index contributed by atoms with van der Waals surface area (Å²) < 4.78 is 27.0. The normalized spacial score (nSPS) is 22.3. The van der Waals surface area contributed by atoms with Crippen LogP contribution in [-0.4, -0.2) is 49.2 Å². The van der Waals surface area contributed by atoms with Gasteiger partial charge in [0.25, 0.3) is 10.2 Å². The summed E-state index contributed by atoms with van der Waals surface area (Å²) in [7, 11) is -0.164. The maximum atomic E-state index is 12.1. The Morgan fingerprint density at radius 2 is 2.17 bits per heavy atom. The van der Waals surface area contributed by atoms with Crippen molar-refractivity contribution in [2.75, 3.05) is 27.2 Å². The van der Waals surface area contributed by atoms with Crippen molar-refractivity contribution < 1.29 is 8.42 Å². The maximum Gasteiger partial charge on any atom is 0.281 e. The van der Waals surface area contributed by atoms with Crippen LogP contribution in [0.15, 0.2) is 24.4 Å². The summed E-state index contributed by atoms with van der Waals surface area (Å²) in [6, 6.07) is 5.79. The van der Waals surface area contributed by atoms with Gasteiger partial charge in [-0.3, -0.25) is 4.98 Å². The molecule has 1 atom stereocenters. The molecule has 0 spiro atoms. The molecule has 0 aliphatic carbocycles. The molecule has 0 bridgehead atoms. The third-order valence-electron chi connectivity index (χ3n) is 3.28. The molecule has 1 aromatic rings. The predicted molar refractivity (Wildman–Crippen MR) is 70.4 cm³/mol. The van der Waals surface area contributed by atoms with Gasteiger partial charge in [0, 0.05) is 45.0 Å². The number of pyridine rings is 1. The molecule has 0 aromatic carbocycles. The first-order valence-corrected chi connectivity index (χ1v) is 7.50. The molecule has 0 N–H and O–H groups in total. The van der Waals surface area contributed by atoms with Crippen molar-refractivity contribution in [2.24, 2.45) is 0 Å². The molecule has 1 saturated heterocycles. The van der Waals surface area contributed by atoms with E-state index in [4.69, 9.17) is 0 Å². The summed E-state index contributed by atoms with van der Waals surface area (Å²) >= 11 is 0. The van der Waals surface area contributed by atoms with Crippen LogP contribution in [-0.2, 0) is 10.2 Å². The van der Waals surface area contributed by atoms with E-state index in [9.17, 15) is 8.42 Å². The van der Waals surface area contributed by atoms with Gasteiger partial charge >= 0.3 is 0 Å². The van der Waals surface area contributed by atoms with E-state index < -0.39 is 10.2 Å². The van der Waals surface area contributed by atoms with Crippen molar-refractivity contribution in [3.8, 4) is 0 Å². The molecule has 1 fully saturated rings. The third-order valence-corrected chi connectivity index (χ3v) is 5.19. The highest BCUT2D eigenvalue weighted by atomic mass is 32.2. The molecule has 18 heavy (non-hydrogen) atoms. The Kier molecular flexibility index (Phi) is 3.99. The van der Waals surface area contributed by atoms with E-state index in [0.717, 1.165) is 18.5 Å². The SMILES string of the molecule is CN(C)S(=O)(=O)N1CCC[C@@H](c2ccccn2)C1. The zero-order valence-corrected chi connectivity index (χ0v) is 11.6. The lowest BCUT2D eigenvalue weighted by Gasteiger charge is -2.33. The van der Waals surface area contributed by atoms with Gasteiger partial charge in [0.1, 0.15) is 0 Å². The highest BCUT2D eigenvalue weighted by Crippen LogP contribution is 2.27. The average Bonchev–Trinajstić information content (AvgIpc) is 2.40. The fourth-order valence-electron chi connectivity index (χ4n) is 2.24. The van der Waals surface area contributed by atoms with E-state index in [0.29, 0.717) is 13.1 Å². The lowest BCUT2D eigenvalue weighted by atomic mass is 9.96. The van der Waals surface area contributed by atoms with Gasteiger partial charge in [-0.05, 0) is 25.0 Å². The highest BCUT2D eigenvalue weighted by Gasteiger charge is 2.31. The maximum absolute atomic E-state index is 12.1. The molecule has 1 aromatic heterocycles. The number of piperidine rings is 1. The number of hydrogen-bond acceptors (Lipinski definition) is 3. The second-order valence-corrected chi connectivity index (χ2v) is 6.88. The molecular formula is C12H19N3O2S. The second kappa shape index (κ2) is 5.34. The van der Waals surface area contributed by atoms with Crippen LogP contribution in [0.5, 0.6) is 0 Å². The first-order valence-electron chi connectivity index (χ1n) is 6.10. The van der Waals surface area contributed by atoms with Gasteiger partial charge in [-0.15, -0.1) is 0 Å². The molecule has 1 aliphatic heterocycles. The predicted octanol–water partition coefficient (Wildman–Crippen LogP) is 1.07. The Labute approximate surface area is 109 Å². The standard InChI is InChI=1S/C12H19N3O2S/c1-14(2)18(16,17)15-9-5-6-11(10-15)12-7-3-4-8-13-12/h3-4,7-8,11H,5-6,9-10H2,1-2H3/t11-/m1/s1. The first kappa shape index (κ1) is 13.5. The van der Waals surface area contributed by atoms with Crippen molar-refractivity contribution >= 4 is 10.2 Å². The fourth-order valence-corrected chi connectivity index (χ4v) is 3.43. The summed E-state index contributed by atoms with van der Waals surface area (Å²) in [6.45, 7) is 1.13. The van der Waals surface area contributed by atoms with Crippen LogP contribution in [0.4, 0.5) is 0 Å². The molecule has 5 nitrogen and oxygen atoms in total. The average molecular weight is 269 g/mol. The summed E-state index contributed by atoms with van der Waals surface area (Å²) in [6.07, 6.45) is 3.64. The van der Waals surface area contributed by atoms with E-state index in [1.165, 1.54) is 4.31 Å². The van der Waals surface area contributed by atoms with Gasteiger partial charge in [-0.1, -0.05) is 6.07 Å². The Balaban J connectivity index is 2.15. The largest absolute Gasteiger partial charge is 0.281 e. The van der Waals surface area contributed by atoms with Gasteiger partial charge in [0.15, 0.2) is 0 Å². The molecule has 100 valence electrons. The number of aromatic nitrogens is 1. The van der Waals surface area contributed by atoms with Gasteiger partial charge in [-0.2, -0.15) is 17.0 Å². The Bertz CT molecular complexity index is 487. The van der Waals surface area contributed by atoms with Gasteiger partial charge < -0.3 is 0 Å². The molecular weight excluding hydrogens is 250 g/mol. The minimum absolute atomic E-state index is 0.203. The summed E-state index contributed by atoms with van der Waals surface area (Å²) in [5.41, 5.74) is 0.983. The van der Waals surface area contributed by atoms with Gasteiger partial charge in [0.2, 0.25) is 0 Å². The van der Waals surface area contributed by atoms with Crippen molar-refractivity contribution in [3.05, 3.63) is 30.1 Å². The summed E-state index contributed by atoms with van der Waals surface area (Å²) in [5, 5.41) is 0. The third kappa shape index (κ3) is 2.71. The fraction of sp³-hybridized carbons (Fsp3) is 0.583. The molecule has 2 rings (SSSR count). The second-order valence-electron chi connectivity index (χ2n) is 4.74. The van der Waals surface area contributed by atoms with E-state index in [1.54, 1.807) is 24.6 Å². The van der Waals surface area contributed by atoms with Crippen molar-refractivity contribution in [3.63, 3.8) is 0 Å². The monoisotopic (exact) mass is 269 g/mol. The van der Waals surface area contributed by atoms with E-state index >= 15 is 0 Å². The number of rotatable bonds is 3. The van der Waals surface area contributed by atoms with Crippen molar-refractivity contribution in [1.29, 1.82) is 0 Å².